The van der Waals surface area contributed by atoms with Crippen LogP contribution >= 0.6 is 23.1 Å². The molecule has 32 heavy (non-hydrogen) atoms. The molecule has 8 heteroatoms. The minimum atomic E-state index is -0.646. The van der Waals surface area contributed by atoms with Crippen molar-refractivity contribution in [3.8, 4) is 5.75 Å². The molecule has 0 spiro atoms. The van der Waals surface area contributed by atoms with Gasteiger partial charge in [0.2, 0.25) is 0 Å². The number of phenolic OH excluding ortho intramolecular Hbond substituents is 1. The maximum Gasteiger partial charge on any atom is 0.338 e. The van der Waals surface area contributed by atoms with Crippen LogP contribution in [0.25, 0.3) is 6.08 Å². The fourth-order valence-electron chi connectivity index (χ4n) is 3.64. The van der Waals surface area contributed by atoms with Gasteiger partial charge in [-0.15, -0.1) is 11.8 Å². The second kappa shape index (κ2) is 9.18. The number of thioether (sulfide) groups is 1. The summed E-state index contributed by atoms with van der Waals surface area (Å²) in [7, 11) is 0. The molecule has 2 aromatic carbocycles. The quantitative estimate of drug-likeness (QED) is 0.461. The van der Waals surface area contributed by atoms with Crippen molar-refractivity contribution in [1.82, 2.24) is 4.57 Å². The van der Waals surface area contributed by atoms with E-state index in [0.29, 0.717) is 26.2 Å². The van der Waals surface area contributed by atoms with Gasteiger partial charge in [-0.25, -0.2) is 9.79 Å². The minimum absolute atomic E-state index is 0.0888. The summed E-state index contributed by atoms with van der Waals surface area (Å²) >= 11 is 2.85. The van der Waals surface area contributed by atoms with Gasteiger partial charge < -0.3 is 9.84 Å². The summed E-state index contributed by atoms with van der Waals surface area (Å²) < 4.78 is 7.28. The average Bonchev–Trinajstić information content (AvgIpc) is 3.09. The van der Waals surface area contributed by atoms with Crippen molar-refractivity contribution in [3.63, 3.8) is 0 Å². The van der Waals surface area contributed by atoms with Crippen LogP contribution in [0.5, 0.6) is 5.75 Å². The van der Waals surface area contributed by atoms with E-state index in [0.717, 1.165) is 10.5 Å². The van der Waals surface area contributed by atoms with Gasteiger partial charge in [0.25, 0.3) is 5.56 Å². The molecule has 1 aliphatic rings. The van der Waals surface area contributed by atoms with Crippen molar-refractivity contribution >= 4 is 35.1 Å². The lowest BCUT2D eigenvalue weighted by Crippen LogP contribution is -2.39. The van der Waals surface area contributed by atoms with Crippen molar-refractivity contribution in [3.05, 3.63) is 90.6 Å². The molecule has 2 heterocycles. The van der Waals surface area contributed by atoms with Gasteiger partial charge in [0.05, 0.1) is 28.5 Å². The number of aromatic hydroxyl groups is 1. The molecule has 164 valence electrons. The smallest absolute Gasteiger partial charge is 0.338 e. The van der Waals surface area contributed by atoms with Crippen molar-refractivity contribution in [1.29, 1.82) is 0 Å². The van der Waals surface area contributed by atoms with Crippen molar-refractivity contribution in [2.24, 2.45) is 4.99 Å². The van der Waals surface area contributed by atoms with Crippen LogP contribution in [0, 0.1) is 0 Å². The number of benzene rings is 2. The normalized spacial score (nSPS) is 16.0. The number of phenols is 1. The number of allylic oxidation sites excluding steroid dienone is 1. The SMILES string of the molecule is CCOC(=O)C1=C(C)N=c2sc(=Cc3ccccc3O)c(=O)n2[C@@H]1c1ccc(SC)cc1. The highest BCUT2D eigenvalue weighted by Crippen LogP contribution is 2.31. The fourth-order valence-corrected chi connectivity index (χ4v) is 5.09. The number of carbonyl (C=O) groups excluding carboxylic acids is 1. The zero-order valence-corrected chi connectivity index (χ0v) is 19.5. The summed E-state index contributed by atoms with van der Waals surface area (Å²) in [6.45, 7) is 3.73. The van der Waals surface area contributed by atoms with Gasteiger partial charge in [-0.2, -0.15) is 0 Å². The van der Waals surface area contributed by atoms with Gasteiger partial charge in [-0.3, -0.25) is 9.36 Å². The number of carbonyl (C=O) groups is 1. The highest BCUT2D eigenvalue weighted by atomic mass is 32.2. The van der Waals surface area contributed by atoms with Crippen LogP contribution in [-0.2, 0) is 9.53 Å². The Kier molecular flexibility index (Phi) is 6.34. The van der Waals surface area contributed by atoms with E-state index in [4.69, 9.17) is 4.74 Å². The Hall–Kier alpha value is -3.10. The molecule has 3 aromatic rings. The first kappa shape index (κ1) is 22.1. The maximum absolute atomic E-state index is 13.5. The second-order valence-electron chi connectivity index (χ2n) is 7.13. The summed E-state index contributed by atoms with van der Waals surface area (Å²) in [5, 5.41) is 10.1. The van der Waals surface area contributed by atoms with E-state index in [1.165, 1.54) is 11.3 Å². The number of thiazole rings is 1. The van der Waals surface area contributed by atoms with Gasteiger partial charge in [0.15, 0.2) is 4.80 Å². The molecule has 0 amide bonds. The fraction of sp³-hybridized carbons (Fsp3) is 0.208. The molecule has 0 unspecified atom stereocenters. The summed E-state index contributed by atoms with van der Waals surface area (Å²) in [6, 6.07) is 14.0. The van der Waals surface area contributed by atoms with Gasteiger partial charge in [-0.05, 0) is 49.9 Å². The van der Waals surface area contributed by atoms with Crippen LogP contribution in [-0.4, -0.2) is 28.5 Å². The molecule has 0 saturated heterocycles. The number of para-hydroxylation sites is 1. The molecular formula is C24H22N2O4S2. The predicted octanol–water partition coefficient (Wildman–Crippen LogP) is 3.23. The van der Waals surface area contributed by atoms with E-state index in [1.54, 1.807) is 60.5 Å². The van der Waals surface area contributed by atoms with E-state index < -0.39 is 12.0 Å². The number of nitrogens with zero attached hydrogens (tertiary/aromatic N) is 2. The van der Waals surface area contributed by atoms with Crippen LogP contribution < -0.4 is 14.9 Å². The Morgan fingerprint density at radius 2 is 1.97 bits per heavy atom. The van der Waals surface area contributed by atoms with Gasteiger partial charge in [0, 0.05) is 10.5 Å². The molecular weight excluding hydrogens is 444 g/mol. The molecule has 1 N–H and O–H groups in total. The van der Waals surface area contributed by atoms with Crippen molar-refractivity contribution in [2.75, 3.05) is 12.9 Å². The lowest BCUT2D eigenvalue weighted by Gasteiger charge is -2.24. The zero-order chi connectivity index (χ0) is 22.8. The Balaban J connectivity index is 1.96. The Labute approximate surface area is 193 Å². The molecule has 1 aromatic heterocycles. The highest BCUT2D eigenvalue weighted by molar-refractivity contribution is 7.98. The lowest BCUT2D eigenvalue weighted by atomic mass is 9.96. The highest BCUT2D eigenvalue weighted by Gasteiger charge is 2.33. The van der Waals surface area contributed by atoms with E-state index in [9.17, 15) is 14.7 Å². The number of fused-ring (bicyclic) bond motifs is 1. The molecule has 0 saturated carbocycles. The molecule has 0 bridgehead atoms. The van der Waals surface area contributed by atoms with Crippen LogP contribution in [0.3, 0.4) is 0 Å². The predicted molar refractivity (Wildman–Crippen MR) is 127 cm³/mol. The summed E-state index contributed by atoms with van der Waals surface area (Å²) in [6.07, 6.45) is 3.64. The largest absolute Gasteiger partial charge is 0.507 e. The van der Waals surface area contributed by atoms with Crippen LogP contribution in [0.15, 0.2) is 74.5 Å². The molecule has 1 aliphatic heterocycles. The number of esters is 1. The summed E-state index contributed by atoms with van der Waals surface area (Å²) in [5.41, 5.74) is 1.95. The van der Waals surface area contributed by atoms with E-state index in [-0.39, 0.29) is 17.9 Å². The summed E-state index contributed by atoms with van der Waals surface area (Å²) in [4.78, 5) is 32.5. The van der Waals surface area contributed by atoms with Gasteiger partial charge >= 0.3 is 5.97 Å². The Bertz CT molecular complexity index is 1380. The average molecular weight is 467 g/mol. The monoisotopic (exact) mass is 466 g/mol. The van der Waals surface area contributed by atoms with Crippen molar-refractivity contribution in [2.45, 2.75) is 24.8 Å². The van der Waals surface area contributed by atoms with Crippen LogP contribution in [0.2, 0.25) is 0 Å². The number of hydrogen-bond donors (Lipinski definition) is 1. The van der Waals surface area contributed by atoms with Crippen LogP contribution in [0.4, 0.5) is 0 Å². The lowest BCUT2D eigenvalue weighted by molar-refractivity contribution is -0.139. The third kappa shape index (κ3) is 4.03. The number of aromatic nitrogens is 1. The minimum Gasteiger partial charge on any atom is -0.507 e. The molecule has 0 fully saturated rings. The number of hydrogen-bond acceptors (Lipinski definition) is 7. The summed E-state index contributed by atoms with van der Waals surface area (Å²) in [5.74, 6) is -0.395. The Morgan fingerprint density at radius 1 is 1.25 bits per heavy atom. The number of ether oxygens (including phenoxy) is 1. The third-order valence-electron chi connectivity index (χ3n) is 5.17. The molecule has 0 radical (unpaired) electrons. The Morgan fingerprint density at radius 3 is 2.62 bits per heavy atom. The first-order valence-corrected chi connectivity index (χ1v) is 12.1. The van der Waals surface area contributed by atoms with Gasteiger partial charge in [-0.1, -0.05) is 41.7 Å². The first-order chi connectivity index (χ1) is 15.4. The topological polar surface area (TPSA) is 80.9 Å². The van der Waals surface area contributed by atoms with E-state index in [2.05, 4.69) is 4.99 Å². The van der Waals surface area contributed by atoms with Crippen LogP contribution in [0.1, 0.15) is 31.0 Å². The molecule has 0 aliphatic carbocycles. The molecule has 6 nitrogen and oxygen atoms in total. The molecule has 1 atom stereocenters. The molecule has 4 rings (SSSR count). The maximum atomic E-state index is 13.5. The second-order valence-corrected chi connectivity index (χ2v) is 9.02. The standard InChI is InChI=1S/C24H22N2O4S2/c1-4-30-23(29)20-14(2)25-24-26(21(20)15-9-11-17(31-3)12-10-15)22(28)19(32-24)13-16-7-5-6-8-18(16)27/h5-13,21,27H,4H2,1-3H3/t21-/m1/s1. The van der Waals surface area contributed by atoms with E-state index >= 15 is 0 Å². The van der Waals surface area contributed by atoms with Gasteiger partial charge in [0.1, 0.15) is 5.75 Å². The third-order valence-corrected chi connectivity index (χ3v) is 6.90. The first-order valence-electron chi connectivity index (χ1n) is 10.1. The van der Waals surface area contributed by atoms with Crippen molar-refractivity contribution < 1.29 is 14.6 Å². The van der Waals surface area contributed by atoms with E-state index in [1.807, 2.05) is 30.5 Å². The number of rotatable bonds is 5. The zero-order valence-electron chi connectivity index (χ0n) is 17.9.